The highest BCUT2D eigenvalue weighted by Crippen LogP contribution is 2.39. The fraction of sp³-hybridized carbons (Fsp3) is 0.538. The minimum Gasteiger partial charge on any atom is -0.381 e. The molecule has 1 unspecified atom stereocenters. The molecular weight excluding hydrogens is 320 g/mol. The summed E-state index contributed by atoms with van der Waals surface area (Å²) in [6.07, 6.45) is -9.89. The molecule has 0 aliphatic rings. The molecule has 0 amide bonds. The van der Waals surface area contributed by atoms with Crippen molar-refractivity contribution in [2.24, 2.45) is 0 Å². The molecule has 0 aliphatic heterocycles. The van der Waals surface area contributed by atoms with E-state index in [0.29, 0.717) is 0 Å². The maximum atomic E-state index is 12.8. The molecule has 0 spiro atoms. The van der Waals surface area contributed by atoms with E-state index in [1.54, 1.807) is 0 Å². The van der Waals surface area contributed by atoms with Crippen molar-refractivity contribution in [3.8, 4) is 0 Å². The van der Waals surface area contributed by atoms with Crippen LogP contribution >= 0.6 is 11.6 Å². The summed E-state index contributed by atoms with van der Waals surface area (Å²) in [5.41, 5.74) is -1.23. The van der Waals surface area contributed by atoms with Gasteiger partial charge in [0.05, 0.1) is 16.3 Å². The third-order valence-electron chi connectivity index (χ3n) is 2.81. The summed E-state index contributed by atoms with van der Waals surface area (Å²) >= 11 is 5.74. The molecule has 0 aliphatic carbocycles. The zero-order valence-corrected chi connectivity index (χ0v) is 11.8. The Morgan fingerprint density at radius 1 is 1.14 bits per heavy atom. The lowest BCUT2D eigenvalue weighted by Crippen LogP contribution is -2.20. The first-order valence-electron chi connectivity index (χ1n) is 6.19. The van der Waals surface area contributed by atoms with Crippen molar-refractivity contribution in [3.05, 3.63) is 28.8 Å². The molecule has 0 saturated heterocycles. The number of anilines is 1. The second-order valence-corrected chi connectivity index (χ2v) is 5.12. The average molecular weight is 334 g/mol. The summed E-state index contributed by atoms with van der Waals surface area (Å²) in [7, 11) is 0. The molecule has 1 aromatic carbocycles. The van der Waals surface area contributed by atoms with Gasteiger partial charge in [0.15, 0.2) is 0 Å². The second kappa shape index (κ2) is 6.77. The van der Waals surface area contributed by atoms with Crippen molar-refractivity contribution in [3.63, 3.8) is 0 Å². The normalized spacial score (nSPS) is 14.1. The number of nitrogens with one attached hydrogen (secondary N) is 1. The van der Waals surface area contributed by atoms with E-state index in [1.165, 1.54) is 19.1 Å². The second-order valence-electron chi connectivity index (χ2n) is 4.71. The van der Waals surface area contributed by atoms with Crippen LogP contribution in [-0.4, -0.2) is 12.2 Å². The molecular formula is C13H14ClF6N. The summed E-state index contributed by atoms with van der Waals surface area (Å²) in [5.74, 6) is 0. The quantitative estimate of drug-likeness (QED) is 0.662. The van der Waals surface area contributed by atoms with Crippen molar-refractivity contribution in [2.45, 2.75) is 44.6 Å². The third kappa shape index (κ3) is 6.03. The highest BCUT2D eigenvalue weighted by atomic mass is 35.5. The maximum Gasteiger partial charge on any atom is 0.418 e. The van der Waals surface area contributed by atoms with Gasteiger partial charge in [0.25, 0.3) is 0 Å². The lowest BCUT2D eigenvalue weighted by Gasteiger charge is -2.20. The Labute approximate surface area is 123 Å². The lowest BCUT2D eigenvalue weighted by molar-refractivity contribution is -0.137. The highest BCUT2D eigenvalue weighted by Gasteiger charge is 2.34. The van der Waals surface area contributed by atoms with Crippen molar-refractivity contribution >= 4 is 17.3 Å². The van der Waals surface area contributed by atoms with E-state index in [4.69, 9.17) is 11.6 Å². The molecule has 0 fully saturated rings. The highest BCUT2D eigenvalue weighted by molar-refractivity contribution is 6.33. The van der Waals surface area contributed by atoms with Crippen LogP contribution in [0.1, 0.15) is 31.7 Å². The van der Waals surface area contributed by atoms with Gasteiger partial charge in [-0.25, -0.2) is 0 Å². The Morgan fingerprint density at radius 3 is 2.29 bits per heavy atom. The molecule has 0 heterocycles. The van der Waals surface area contributed by atoms with Crippen LogP contribution in [-0.2, 0) is 6.18 Å². The Morgan fingerprint density at radius 2 is 1.76 bits per heavy atom. The van der Waals surface area contributed by atoms with Gasteiger partial charge in [0, 0.05) is 12.5 Å². The van der Waals surface area contributed by atoms with Crippen LogP contribution in [0.25, 0.3) is 0 Å². The Hall–Kier alpha value is -1.11. The van der Waals surface area contributed by atoms with Crippen LogP contribution < -0.4 is 5.32 Å². The van der Waals surface area contributed by atoms with Crippen molar-refractivity contribution in [1.29, 1.82) is 0 Å². The first-order chi connectivity index (χ1) is 9.50. The van der Waals surface area contributed by atoms with Crippen LogP contribution in [0.2, 0.25) is 5.02 Å². The Bertz CT molecular complexity index is 469. The predicted molar refractivity (Wildman–Crippen MR) is 69.4 cm³/mol. The molecule has 8 heteroatoms. The summed E-state index contributed by atoms with van der Waals surface area (Å²) < 4.78 is 74.6. The molecule has 1 nitrogen and oxygen atoms in total. The molecule has 1 N–H and O–H groups in total. The van der Waals surface area contributed by atoms with Gasteiger partial charge < -0.3 is 5.32 Å². The third-order valence-corrected chi connectivity index (χ3v) is 3.12. The summed E-state index contributed by atoms with van der Waals surface area (Å²) in [6, 6.07) is 2.77. The first-order valence-corrected chi connectivity index (χ1v) is 6.57. The van der Waals surface area contributed by atoms with Crippen LogP contribution in [0, 0.1) is 0 Å². The first kappa shape index (κ1) is 17.9. The smallest absolute Gasteiger partial charge is 0.381 e. The van der Waals surface area contributed by atoms with Crippen molar-refractivity contribution in [2.75, 3.05) is 5.32 Å². The maximum absolute atomic E-state index is 12.8. The summed E-state index contributed by atoms with van der Waals surface area (Å²) in [4.78, 5) is 0. The van der Waals surface area contributed by atoms with Gasteiger partial charge in [-0.15, -0.1) is 0 Å². The van der Waals surface area contributed by atoms with Gasteiger partial charge in [-0.3, -0.25) is 0 Å². The fourth-order valence-corrected chi connectivity index (χ4v) is 2.06. The van der Waals surface area contributed by atoms with E-state index in [1.807, 2.05) is 0 Å². The number of hydrogen-bond donors (Lipinski definition) is 1. The van der Waals surface area contributed by atoms with Gasteiger partial charge in [-0.05, 0) is 31.9 Å². The fourth-order valence-electron chi connectivity index (χ4n) is 1.83. The van der Waals surface area contributed by atoms with Gasteiger partial charge in [0.2, 0.25) is 0 Å². The monoisotopic (exact) mass is 333 g/mol. The van der Waals surface area contributed by atoms with E-state index < -0.39 is 30.4 Å². The standard InChI is InChI=1S/C13H14ClF6N/c1-8(4-3-7-12(15,16)17)21-11-9(13(18,19)20)5-2-6-10(11)14/h2,5-6,8,21H,3-4,7H2,1H3. The van der Waals surface area contributed by atoms with Gasteiger partial charge >= 0.3 is 12.4 Å². The SMILES string of the molecule is CC(CCCC(F)(F)F)Nc1c(Cl)cccc1C(F)(F)F. The minimum absolute atomic E-state index is 0.0853. The molecule has 0 saturated carbocycles. The van der Waals surface area contributed by atoms with E-state index in [2.05, 4.69) is 5.32 Å². The molecule has 1 atom stereocenters. The number of rotatable bonds is 5. The van der Waals surface area contributed by atoms with E-state index in [9.17, 15) is 26.3 Å². The molecule has 1 rings (SSSR count). The molecule has 1 aromatic rings. The Kier molecular flexibility index (Phi) is 5.78. The minimum atomic E-state index is -4.58. The molecule has 0 radical (unpaired) electrons. The van der Waals surface area contributed by atoms with Gasteiger partial charge in [-0.1, -0.05) is 17.7 Å². The number of halogens is 7. The lowest BCUT2D eigenvalue weighted by atomic mass is 10.1. The summed E-state index contributed by atoms with van der Waals surface area (Å²) in [5, 5.41) is 2.43. The number of hydrogen-bond acceptors (Lipinski definition) is 1. The number of para-hydroxylation sites is 1. The Balaban J connectivity index is 2.74. The van der Waals surface area contributed by atoms with Gasteiger partial charge in [0.1, 0.15) is 0 Å². The van der Waals surface area contributed by atoms with Crippen LogP contribution in [0.5, 0.6) is 0 Å². The van der Waals surface area contributed by atoms with Crippen molar-refractivity contribution < 1.29 is 26.3 Å². The topological polar surface area (TPSA) is 12.0 Å². The van der Waals surface area contributed by atoms with E-state index >= 15 is 0 Å². The van der Waals surface area contributed by atoms with Crippen LogP contribution in [0.15, 0.2) is 18.2 Å². The zero-order valence-electron chi connectivity index (χ0n) is 11.1. The van der Waals surface area contributed by atoms with Gasteiger partial charge in [-0.2, -0.15) is 26.3 Å². The zero-order chi connectivity index (χ0) is 16.3. The molecule has 0 bridgehead atoms. The number of benzene rings is 1. The van der Waals surface area contributed by atoms with Crippen LogP contribution in [0.4, 0.5) is 32.0 Å². The largest absolute Gasteiger partial charge is 0.418 e. The molecule has 0 aromatic heterocycles. The molecule has 21 heavy (non-hydrogen) atoms. The predicted octanol–water partition coefficient (Wildman–Crippen LogP) is 5.89. The van der Waals surface area contributed by atoms with Crippen LogP contribution in [0.3, 0.4) is 0 Å². The van der Waals surface area contributed by atoms with E-state index in [-0.39, 0.29) is 23.6 Å². The van der Waals surface area contributed by atoms with E-state index in [0.717, 1.165) is 6.07 Å². The number of alkyl halides is 6. The molecule has 120 valence electrons. The van der Waals surface area contributed by atoms with Crippen molar-refractivity contribution in [1.82, 2.24) is 0 Å². The summed E-state index contributed by atoms with van der Waals surface area (Å²) in [6.45, 7) is 1.51. The average Bonchev–Trinajstić information content (AvgIpc) is 2.28.